The van der Waals surface area contributed by atoms with Crippen LogP contribution in [-0.4, -0.2) is 15.1 Å². The number of anilines is 1. The molecule has 2 heterocycles. The van der Waals surface area contributed by atoms with Crippen molar-refractivity contribution in [1.29, 1.82) is 0 Å². The van der Waals surface area contributed by atoms with E-state index in [-0.39, 0.29) is 11.8 Å². The summed E-state index contributed by atoms with van der Waals surface area (Å²) >= 11 is 3.53. The van der Waals surface area contributed by atoms with E-state index >= 15 is 0 Å². The number of aromatic hydroxyl groups is 1. The monoisotopic (exact) mass is 405 g/mol. The normalized spacial score (nSPS) is 12.0. The largest absolute Gasteiger partial charge is 0.505 e. The van der Waals surface area contributed by atoms with Gasteiger partial charge in [0.25, 0.3) is 0 Å². The topological polar surface area (TPSA) is 58.0 Å². The van der Waals surface area contributed by atoms with Crippen molar-refractivity contribution in [2.24, 2.45) is 0 Å². The van der Waals surface area contributed by atoms with Crippen molar-refractivity contribution in [3.05, 3.63) is 94.7 Å². The van der Waals surface area contributed by atoms with Crippen LogP contribution in [0.15, 0.2) is 83.6 Å². The van der Waals surface area contributed by atoms with E-state index in [1.807, 2.05) is 66.7 Å². The maximum atomic E-state index is 10.9. The second kappa shape index (κ2) is 7.14. The van der Waals surface area contributed by atoms with Crippen LogP contribution in [0, 0.1) is 0 Å². The molecule has 4 nitrogen and oxygen atoms in total. The lowest BCUT2D eigenvalue weighted by Gasteiger charge is -2.22. The number of benzene rings is 2. The molecular formula is C21H16BrN3O. The first kappa shape index (κ1) is 16.5. The molecule has 0 aliphatic heterocycles. The fourth-order valence-corrected chi connectivity index (χ4v) is 3.42. The molecule has 4 aromatic rings. The number of rotatable bonds is 4. The van der Waals surface area contributed by atoms with Crippen molar-refractivity contribution in [1.82, 2.24) is 9.97 Å². The molecule has 1 atom stereocenters. The molecule has 4 rings (SSSR count). The lowest BCUT2D eigenvalue weighted by atomic mass is 9.96. The molecule has 0 saturated heterocycles. The number of fused-ring (bicyclic) bond motifs is 1. The summed E-state index contributed by atoms with van der Waals surface area (Å²) in [6.45, 7) is 0. The Hall–Kier alpha value is -2.92. The molecule has 0 aliphatic rings. The van der Waals surface area contributed by atoms with Crippen LogP contribution in [0.1, 0.15) is 17.2 Å². The third-order valence-electron chi connectivity index (χ3n) is 4.23. The summed E-state index contributed by atoms with van der Waals surface area (Å²) in [4.78, 5) is 8.70. The lowest BCUT2D eigenvalue weighted by Crippen LogP contribution is -2.13. The van der Waals surface area contributed by atoms with Gasteiger partial charge in [-0.1, -0.05) is 52.3 Å². The van der Waals surface area contributed by atoms with Crippen molar-refractivity contribution < 1.29 is 5.11 Å². The summed E-state index contributed by atoms with van der Waals surface area (Å²) in [5, 5.41) is 15.2. The molecule has 0 aliphatic carbocycles. The molecule has 0 saturated carbocycles. The van der Waals surface area contributed by atoms with E-state index in [1.165, 1.54) is 0 Å². The number of nitrogens with one attached hydrogen (secondary N) is 1. The number of hydrogen-bond donors (Lipinski definition) is 2. The predicted octanol–water partition coefficient (Wildman–Crippen LogP) is 5.30. The minimum atomic E-state index is -0.270. The summed E-state index contributed by atoms with van der Waals surface area (Å²) < 4.78 is 0.973. The zero-order valence-electron chi connectivity index (χ0n) is 13.8. The van der Waals surface area contributed by atoms with Crippen molar-refractivity contribution in [3.63, 3.8) is 0 Å². The number of hydrogen-bond acceptors (Lipinski definition) is 4. The first-order valence-electron chi connectivity index (χ1n) is 8.22. The lowest BCUT2D eigenvalue weighted by molar-refractivity contribution is 0.471. The zero-order chi connectivity index (χ0) is 17.9. The highest BCUT2D eigenvalue weighted by Gasteiger charge is 2.20. The van der Waals surface area contributed by atoms with Crippen LogP contribution in [-0.2, 0) is 0 Å². The summed E-state index contributed by atoms with van der Waals surface area (Å²) in [5.41, 5.74) is 2.35. The number of halogens is 1. The summed E-state index contributed by atoms with van der Waals surface area (Å²) in [6.07, 6.45) is 3.42. The third-order valence-corrected chi connectivity index (χ3v) is 4.72. The Kier molecular flexibility index (Phi) is 4.54. The highest BCUT2D eigenvalue weighted by atomic mass is 79.9. The van der Waals surface area contributed by atoms with E-state index in [2.05, 4.69) is 31.2 Å². The van der Waals surface area contributed by atoms with Crippen LogP contribution in [0.3, 0.4) is 0 Å². The Labute approximate surface area is 159 Å². The number of nitrogens with zero attached hydrogens (tertiary/aromatic N) is 2. The van der Waals surface area contributed by atoms with Gasteiger partial charge in [0.05, 0.1) is 6.04 Å². The van der Waals surface area contributed by atoms with Crippen molar-refractivity contribution in [2.45, 2.75) is 6.04 Å². The molecule has 0 unspecified atom stereocenters. The summed E-state index contributed by atoms with van der Waals surface area (Å²) in [7, 11) is 0. The molecule has 0 amide bonds. The van der Waals surface area contributed by atoms with Crippen LogP contribution in [0.2, 0.25) is 0 Å². The van der Waals surface area contributed by atoms with Crippen LogP contribution < -0.4 is 5.32 Å². The second-order valence-corrected chi connectivity index (χ2v) is 6.84. The molecular weight excluding hydrogens is 390 g/mol. The smallest absolute Gasteiger partial charge is 0.147 e. The van der Waals surface area contributed by atoms with Gasteiger partial charge in [-0.25, -0.2) is 4.98 Å². The van der Waals surface area contributed by atoms with Gasteiger partial charge in [0.2, 0.25) is 0 Å². The number of phenolic OH excluding ortho intramolecular Hbond substituents is 1. The number of aromatic nitrogens is 2. The van der Waals surface area contributed by atoms with E-state index in [9.17, 15) is 5.11 Å². The Morgan fingerprint density at radius 1 is 0.885 bits per heavy atom. The van der Waals surface area contributed by atoms with Crippen LogP contribution in [0.25, 0.3) is 10.9 Å². The SMILES string of the molecule is Oc1c([C@@H](Nc2ccccn2)c2cccc(Br)c2)ccc2cccnc12. The van der Waals surface area contributed by atoms with Gasteiger partial charge in [0.15, 0.2) is 0 Å². The second-order valence-electron chi connectivity index (χ2n) is 5.93. The van der Waals surface area contributed by atoms with E-state index in [1.54, 1.807) is 12.4 Å². The molecule has 0 spiro atoms. The average Bonchev–Trinajstić information content (AvgIpc) is 2.68. The minimum absolute atomic E-state index is 0.177. The highest BCUT2D eigenvalue weighted by molar-refractivity contribution is 9.10. The van der Waals surface area contributed by atoms with Gasteiger partial charge in [-0.05, 0) is 35.9 Å². The first-order chi connectivity index (χ1) is 12.7. The maximum absolute atomic E-state index is 10.9. The Bertz CT molecular complexity index is 1050. The Balaban J connectivity index is 1.86. The molecule has 2 aromatic heterocycles. The molecule has 2 aromatic carbocycles. The van der Waals surface area contributed by atoms with Crippen LogP contribution in [0.4, 0.5) is 5.82 Å². The van der Waals surface area contributed by atoms with Crippen molar-refractivity contribution in [2.75, 3.05) is 5.32 Å². The van der Waals surface area contributed by atoms with Gasteiger partial charge in [0, 0.05) is 27.8 Å². The van der Waals surface area contributed by atoms with Gasteiger partial charge in [-0.2, -0.15) is 0 Å². The standard InChI is InChI=1S/C21H16BrN3O/c22-16-7-3-5-15(13-16)19(25-18-8-1-2-11-23-18)17-10-9-14-6-4-12-24-20(14)21(17)26/h1-13,19,26H,(H,23,25)/t19-/m0/s1. The van der Waals surface area contributed by atoms with Crippen molar-refractivity contribution >= 4 is 32.7 Å². The predicted molar refractivity (Wildman–Crippen MR) is 107 cm³/mol. The van der Waals surface area contributed by atoms with Crippen LogP contribution >= 0.6 is 15.9 Å². The van der Waals surface area contributed by atoms with Gasteiger partial charge < -0.3 is 10.4 Å². The van der Waals surface area contributed by atoms with E-state index < -0.39 is 0 Å². The molecule has 0 fully saturated rings. The zero-order valence-corrected chi connectivity index (χ0v) is 15.4. The van der Waals surface area contributed by atoms with Gasteiger partial charge in [0.1, 0.15) is 17.1 Å². The third kappa shape index (κ3) is 3.26. The first-order valence-corrected chi connectivity index (χ1v) is 9.01. The number of phenols is 1. The van der Waals surface area contributed by atoms with Gasteiger partial charge in [-0.15, -0.1) is 0 Å². The fourth-order valence-electron chi connectivity index (χ4n) is 3.00. The molecule has 5 heteroatoms. The molecule has 0 bridgehead atoms. The molecule has 2 N–H and O–H groups in total. The molecule has 0 radical (unpaired) electrons. The Morgan fingerprint density at radius 3 is 2.58 bits per heavy atom. The van der Waals surface area contributed by atoms with E-state index in [0.717, 1.165) is 26.8 Å². The molecule has 26 heavy (non-hydrogen) atoms. The summed E-state index contributed by atoms with van der Waals surface area (Å²) in [5.74, 6) is 0.912. The van der Waals surface area contributed by atoms with E-state index in [4.69, 9.17) is 0 Å². The minimum Gasteiger partial charge on any atom is -0.505 e. The maximum Gasteiger partial charge on any atom is 0.147 e. The van der Waals surface area contributed by atoms with Gasteiger partial charge in [-0.3, -0.25) is 4.98 Å². The highest BCUT2D eigenvalue weighted by Crippen LogP contribution is 2.36. The van der Waals surface area contributed by atoms with Gasteiger partial charge >= 0.3 is 0 Å². The quantitative estimate of drug-likeness (QED) is 0.483. The summed E-state index contributed by atoms with van der Waals surface area (Å²) in [6, 6.07) is 21.1. The number of pyridine rings is 2. The Morgan fingerprint density at radius 2 is 1.77 bits per heavy atom. The molecule has 128 valence electrons. The average molecular weight is 406 g/mol. The fraction of sp³-hybridized carbons (Fsp3) is 0.0476. The van der Waals surface area contributed by atoms with E-state index in [0.29, 0.717) is 5.52 Å². The van der Waals surface area contributed by atoms with Crippen LogP contribution in [0.5, 0.6) is 5.75 Å². The van der Waals surface area contributed by atoms with Crippen molar-refractivity contribution in [3.8, 4) is 5.75 Å².